The lowest BCUT2D eigenvalue weighted by Gasteiger charge is -2.38. The van der Waals surface area contributed by atoms with Gasteiger partial charge in [-0.25, -0.2) is 0 Å². The van der Waals surface area contributed by atoms with E-state index in [4.69, 9.17) is 0 Å². The fraction of sp³-hybridized carbons (Fsp3) is 0.455. The number of alkyl halides is 2. The molecule has 25 heavy (non-hydrogen) atoms. The summed E-state index contributed by atoms with van der Waals surface area (Å²) < 4.78 is 0. The molecule has 3 unspecified atom stereocenters. The van der Waals surface area contributed by atoms with E-state index in [0.717, 1.165) is 19.5 Å². The van der Waals surface area contributed by atoms with Crippen LogP contribution in [0, 0.1) is 0 Å². The molecular formula is C22H27Br2N. The Balaban J connectivity index is 1.37. The molecule has 134 valence electrons. The Morgan fingerprint density at radius 2 is 1.56 bits per heavy atom. The van der Waals surface area contributed by atoms with Gasteiger partial charge in [0.1, 0.15) is 0 Å². The molecule has 1 aliphatic rings. The number of aryl methyl sites for hydroxylation is 1. The van der Waals surface area contributed by atoms with Gasteiger partial charge < -0.3 is 4.90 Å². The zero-order valence-corrected chi connectivity index (χ0v) is 18.0. The molecular weight excluding hydrogens is 438 g/mol. The van der Waals surface area contributed by atoms with Crippen molar-refractivity contribution < 1.29 is 0 Å². The van der Waals surface area contributed by atoms with E-state index < -0.39 is 0 Å². The summed E-state index contributed by atoms with van der Waals surface area (Å²) >= 11 is 7.49. The lowest BCUT2D eigenvalue weighted by molar-refractivity contribution is 0.333. The third kappa shape index (κ3) is 5.42. The number of hydrogen-bond donors (Lipinski definition) is 0. The number of hydrogen-bond acceptors (Lipinski definition) is 1. The second kappa shape index (κ2) is 9.34. The molecule has 0 saturated heterocycles. The third-order valence-corrected chi connectivity index (χ3v) is 8.18. The molecule has 1 aliphatic carbocycles. The highest BCUT2D eigenvalue weighted by atomic mass is 79.9. The fourth-order valence-electron chi connectivity index (χ4n) is 3.44. The van der Waals surface area contributed by atoms with E-state index >= 15 is 0 Å². The van der Waals surface area contributed by atoms with Gasteiger partial charge in [0.15, 0.2) is 0 Å². The van der Waals surface area contributed by atoms with Gasteiger partial charge in [-0.3, -0.25) is 0 Å². The molecule has 2 aromatic carbocycles. The SMILES string of the molecule is CN(CCCc1ccc(C2CC(Br)C2Br)cc1)CCc1ccccc1. The number of rotatable bonds is 8. The van der Waals surface area contributed by atoms with Crippen LogP contribution in [0.3, 0.4) is 0 Å². The fourth-order valence-corrected chi connectivity index (χ4v) is 4.95. The lowest BCUT2D eigenvalue weighted by atomic mass is 9.79. The van der Waals surface area contributed by atoms with E-state index in [0.29, 0.717) is 15.6 Å². The summed E-state index contributed by atoms with van der Waals surface area (Å²) in [6.07, 6.45) is 4.76. The highest BCUT2D eigenvalue weighted by molar-refractivity contribution is 9.12. The van der Waals surface area contributed by atoms with Gasteiger partial charge in [-0.2, -0.15) is 0 Å². The first-order valence-corrected chi connectivity index (χ1v) is 11.1. The van der Waals surface area contributed by atoms with Crippen LogP contribution in [-0.2, 0) is 12.8 Å². The van der Waals surface area contributed by atoms with E-state index in [9.17, 15) is 0 Å². The number of benzene rings is 2. The summed E-state index contributed by atoms with van der Waals surface area (Å²) in [7, 11) is 2.23. The number of likely N-dealkylation sites (N-methyl/N-ethyl adjacent to an activating group) is 1. The van der Waals surface area contributed by atoms with Gasteiger partial charge in [-0.1, -0.05) is 86.5 Å². The average Bonchev–Trinajstić information content (AvgIpc) is 2.65. The van der Waals surface area contributed by atoms with Gasteiger partial charge in [0.2, 0.25) is 0 Å². The molecule has 0 aliphatic heterocycles. The van der Waals surface area contributed by atoms with Crippen LogP contribution in [0.5, 0.6) is 0 Å². The zero-order valence-electron chi connectivity index (χ0n) is 14.9. The summed E-state index contributed by atoms with van der Waals surface area (Å²) in [6.45, 7) is 2.29. The van der Waals surface area contributed by atoms with Gasteiger partial charge in [-0.05, 0) is 61.9 Å². The van der Waals surface area contributed by atoms with Gasteiger partial charge in [0.05, 0.1) is 0 Å². The highest BCUT2D eigenvalue weighted by Gasteiger charge is 2.38. The molecule has 0 radical (unpaired) electrons. The van der Waals surface area contributed by atoms with Crippen LogP contribution in [0.4, 0.5) is 0 Å². The van der Waals surface area contributed by atoms with Gasteiger partial charge >= 0.3 is 0 Å². The Hall–Kier alpha value is -0.640. The molecule has 0 bridgehead atoms. The van der Waals surface area contributed by atoms with Crippen molar-refractivity contribution in [2.24, 2.45) is 0 Å². The van der Waals surface area contributed by atoms with Crippen molar-refractivity contribution in [1.29, 1.82) is 0 Å². The highest BCUT2D eigenvalue weighted by Crippen LogP contribution is 2.46. The van der Waals surface area contributed by atoms with Crippen molar-refractivity contribution in [1.82, 2.24) is 4.90 Å². The largest absolute Gasteiger partial charge is 0.306 e. The van der Waals surface area contributed by atoms with Crippen molar-refractivity contribution in [3.8, 4) is 0 Å². The molecule has 0 heterocycles. The Morgan fingerprint density at radius 1 is 0.880 bits per heavy atom. The maximum absolute atomic E-state index is 3.78. The van der Waals surface area contributed by atoms with Crippen molar-refractivity contribution in [2.45, 2.75) is 41.3 Å². The molecule has 3 rings (SSSR count). The molecule has 1 fully saturated rings. The van der Waals surface area contributed by atoms with Crippen LogP contribution in [0.2, 0.25) is 0 Å². The van der Waals surface area contributed by atoms with Gasteiger partial charge in [0, 0.05) is 16.2 Å². The van der Waals surface area contributed by atoms with Crippen LogP contribution < -0.4 is 0 Å². The first-order chi connectivity index (χ1) is 12.1. The van der Waals surface area contributed by atoms with Crippen LogP contribution >= 0.6 is 31.9 Å². The Bertz CT molecular complexity index is 641. The van der Waals surface area contributed by atoms with Crippen molar-refractivity contribution in [3.63, 3.8) is 0 Å². The minimum absolute atomic E-state index is 0.580. The molecule has 3 heteroatoms. The zero-order chi connectivity index (χ0) is 17.6. The quantitative estimate of drug-likeness (QED) is 0.445. The maximum Gasteiger partial charge on any atom is 0.0340 e. The van der Waals surface area contributed by atoms with E-state index in [1.54, 1.807) is 0 Å². The Labute approximate surface area is 169 Å². The number of halogens is 2. The molecule has 0 N–H and O–H groups in total. The van der Waals surface area contributed by atoms with E-state index in [-0.39, 0.29) is 0 Å². The van der Waals surface area contributed by atoms with Crippen LogP contribution in [0.15, 0.2) is 54.6 Å². The van der Waals surface area contributed by atoms with Crippen molar-refractivity contribution in [2.75, 3.05) is 20.1 Å². The maximum atomic E-state index is 3.78. The van der Waals surface area contributed by atoms with Crippen molar-refractivity contribution >= 4 is 31.9 Å². The van der Waals surface area contributed by atoms with E-state index in [1.807, 2.05) is 0 Å². The summed E-state index contributed by atoms with van der Waals surface area (Å²) in [5.41, 5.74) is 4.36. The molecule has 0 aromatic heterocycles. The summed E-state index contributed by atoms with van der Waals surface area (Å²) in [6, 6.07) is 20.1. The molecule has 1 nitrogen and oxygen atoms in total. The Morgan fingerprint density at radius 3 is 2.20 bits per heavy atom. The van der Waals surface area contributed by atoms with E-state index in [1.165, 1.54) is 36.0 Å². The summed E-state index contributed by atoms with van der Waals surface area (Å²) in [5, 5.41) is 0. The minimum atomic E-state index is 0.580. The van der Waals surface area contributed by atoms with Crippen molar-refractivity contribution in [3.05, 3.63) is 71.3 Å². The molecule has 2 aromatic rings. The lowest BCUT2D eigenvalue weighted by Crippen LogP contribution is -2.35. The van der Waals surface area contributed by atoms with Crippen LogP contribution in [-0.4, -0.2) is 34.7 Å². The van der Waals surface area contributed by atoms with Crippen LogP contribution in [0.1, 0.15) is 35.4 Å². The Kier molecular flexibility index (Phi) is 7.15. The second-order valence-electron chi connectivity index (χ2n) is 7.19. The minimum Gasteiger partial charge on any atom is -0.306 e. The first kappa shape index (κ1) is 19.1. The standard InChI is InChI=1S/C22H27Br2N/c1-25(15-13-17-6-3-2-4-7-17)14-5-8-18-9-11-19(12-10-18)20-16-21(23)22(20)24/h2-4,6-7,9-12,20-22H,5,8,13-16H2,1H3. The van der Waals surface area contributed by atoms with Crippen LogP contribution in [0.25, 0.3) is 0 Å². The second-order valence-corrected chi connectivity index (χ2v) is 9.42. The molecule has 3 atom stereocenters. The molecule has 0 amide bonds. The number of nitrogens with zero attached hydrogens (tertiary/aromatic N) is 1. The topological polar surface area (TPSA) is 3.24 Å². The average molecular weight is 465 g/mol. The smallest absolute Gasteiger partial charge is 0.0340 e. The molecule has 1 saturated carbocycles. The third-order valence-electron chi connectivity index (χ3n) is 5.25. The first-order valence-electron chi connectivity index (χ1n) is 9.23. The summed E-state index contributed by atoms with van der Waals surface area (Å²) in [4.78, 5) is 3.65. The molecule has 0 spiro atoms. The van der Waals surface area contributed by atoms with Gasteiger partial charge in [-0.15, -0.1) is 0 Å². The predicted octanol–water partition coefficient (Wildman–Crippen LogP) is 5.81. The predicted molar refractivity (Wildman–Crippen MR) is 115 cm³/mol. The normalized spacial score (nSPS) is 22.8. The van der Waals surface area contributed by atoms with E-state index in [2.05, 4.69) is 98.4 Å². The monoisotopic (exact) mass is 463 g/mol. The van der Waals surface area contributed by atoms with Gasteiger partial charge in [0.25, 0.3) is 0 Å². The summed E-state index contributed by atoms with van der Waals surface area (Å²) in [5.74, 6) is 0.669.